The summed E-state index contributed by atoms with van der Waals surface area (Å²) in [5, 5.41) is 0.455. The number of anilines is 1. The Labute approximate surface area is 199 Å². The van der Waals surface area contributed by atoms with Crippen molar-refractivity contribution in [2.45, 2.75) is 13.5 Å². The minimum Gasteiger partial charge on any atom is -0.494 e. The van der Waals surface area contributed by atoms with Crippen molar-refractivity contribution in [3.63, 3.8) is 0 Å². The Bertz CT molecular complexity index is 1370. The number of hydrogen-bond acceptors (Lipinski definition) is 7. The molecule has 0 aliphatic carbocycles. The number of carbonyl (C=O) groups excluding carboxylic acids is 3. The Hall–Kier alpha value is -4.11. The summed E-state index contributed by atoms with van der Waals surface area (Å²) < 4.78 is 6.44. The van der Waals surface area contributed by atoms with Crippen molar-refractivity contribution in [1.82, 2.24) is 14.9 Å². The predicted octanol–water partition coefficient (Wildman–Crippen LogP) is 3.92. The van der Waals surface area contributed by atoms with Crippen molar-refractivity contribution in [2.24, 2.45) is 0 Å². The molecule has 5 rings (SSSR count). The van der Waals surface area contributed by atoms with Gasteiger partial charge >= 0.3 is 0 Å². The summed E-state index contributed by atoms with van der Waals surface area (Å²) >= 11 is 1.34. The molecule has 0 fully saturated rings. The lowest BCUT2D eigenvalue weighted by molar-refractivity contribution is -0.119. The largest absolute Gasteiger partial charge is 0.494 e. The number of fused-ring (bicyclic) bond motifs is 2. The fraction of sp³-hybridized carbons (Fsp3) is 0.160. The quantitative estimate of drug-likeness (QED) is 0.379. The highest BCUT2D eigenvalue weighted by Crippen LogP contribution is 2.33. The van der Waals surface area contributed by atoms with Crippen LogP contribution < -0.4 is 9.64 Å². The molecule has 0 bridgehead atoms. The van der Waals surface area contributed by atoms with Gasteiger partial charge in [-0.25, -0.2) is 4.98 Å². The SMILES string of the molecule is CCOc1ccc2nc(N(Cc3ccccn3)C(=O)CN3C(=O)c4ccccc4C3=O)sc2c1. The number of aromatic nitrogens is 2. The maximum Gasteiger partial charge on any atom is 0.262 e. The first-order valence-corrected chi connectivity index (χ1v) is 11.6. The summed E-state index contributed by atoms with van der Waals surface area (Å²) in [6, 6.07) is 17.6. The maximum absolute atomic E-state index is 13.5. The van der Waals surface area contributed by atoms with Gasteiger partial charge in [0, 0.05) is 6.20 Å². The van der Waals surface area contributed by atoms with E-state index < -0.39 is 17.7 Å². The van der Waals surface area contributed by atoms with Gasteiger partial charge in [0.05, 0.1) is 40.2 Å². The van der Waals surface area contributed by atoms with Gasteiger partial charge in [-0.15, -0.1) is 0 Å². The van der Waals surface area contributed by atoms with Crippen LogP contribution in [0.3, 0.4) is 0 Å². The first-order chi connectivity index (χ1) is 16.5. The lowest BCUT2D eigenvalue weighted by Gasteiger charge is -2.22. The summed E-state index contributed by atoms with van der Waals surface area (Å²) in [7, 11) is 0. The molecule has 0 atom stereocenters. The van der Waals surface area contributed by atoms with Crippen molar-refractivity contribution < 1.29 is 19.1 Å². The minimum atomic E-state index is -0.475. The molecule has 3 amide bonds. The molecule has 0 N–H and O–H groups in total. The summed E-state index contributed by atoms with van der Waals surface area (Å²) in [6.45, 7) is 2.22. The smallest absolute Gasteiger partial charge is 0.262 e. The van der Waals surface area contributed by atoms with E-state index in [1.54, 1.807) is 36.5 Å². The molecular formula is C25H20N4O4S. The number of nitrogens with zero attached hydrogens (tertiary/aromatic N) is 4. The van der Waals surface area contributed by atoms with Crippen LogP contribution in [-0.2, 0) is 11.3 Å². The number of benzene rings is 2. The molecule has 0 saturated heterocycles. The maximum atomic E-state index is 13.5. The van der Waals surface area contributed by atoms with Gasteiger partial charge < -0.3 is 4.74 Å². The van der Waals surface area contributed by atoms with Gasteiger partial charge in [-0.2, -0.15) is 0 Å². The highest BCUT2D eigenvalue weighted by atomic mass is 32.1. The lowest BCUT2D eigenvalue weighted by atomic mass is 10.1. The second-order valence-electron chi connectivity index (χ2n) is 7.60. The second kappa shape index (κ2) is 9.03. The molecule has 0 radical (unpaired) electrons. The summed E-state index contributed by atoms with van der Waals surface area (Å²) in [5.41, 5.74) is 2.00. The third-order valence-electron chi connectivity index (χ3n) is 5.41. The van der Waals surface area contributed by atoms with E-state index in [1.807, 2.05) is 37.3 Å². The Kier molecular flexibility index (Phi) is 5.77. The number of amides is 3. The third kappa shape index (κ3) is 4.01. The fourth-order valence-electron chi connectivity index (χ4n) is 3.78. The molecule has 170 valence electrons. The van der Waals surface area contributed by atoms with Gasteiger partial charge in [-0.3, -0.25) is 29.2 Å². The van der Waals surface area contributed by atoms with Crippen LogP contribution in [0.5, 0.6) is 5.75 Å². The number of ether oxygens (including phenoxy) is 1. The normalized spacial score (nSPS) is 12.8. The average molecular weight is 473 g/mol. The van der Waals surface area contributed by atoms with Crippen molar-refractivity contribution in [2.75, 3.05) is 18.1 Å². The summed E-state index contributed by atoms with van der Waals surface area (Å²) in [6.07, 6.45) is 1.65. The Morgan fingerprint density at radius 2 is 1.76 bits per heavy atom. The molecule has 0 unspecified atom stereocenters. The highest BCUT2D eigenvalue weighted by Gasteiger charge is 2.37. The molecule has 1 aliphatic heterocycles. The van der Waals surface area contributed by atoms with Gasteiger partial charge in [-0.1, -0.05) is 29.5 Å². The van der Waals surface area contributed by atoms with E-state index in [4.69, 9.17) is 4.74 Å². The molecule has 2 aromatic carbocycles. The van der Waals surface area contributed by atoms with Gasteiger partial charge in [-0.05, 0) is 49.4 Å². The zero-order valence-electron chi connectivity index (χ0n) is 18.3. The van der Waals surface area contributed by atoms with Crippen molar-refractivity contribution in [3.05, 3.63) is 83.7 Å². The highest BCUT2D eigenvalue weighted by molar-refractivity contribution is 7.22. The fourth-order valence-corrected chi connectivity index (χ4v) is 4.79. The first-order valence-electron chi connectivity index (χ1n) is 10.7. The number of thiazole rings is 1. The number of carbonyl (C=O) groups is 3. The van der Waals surface area contributed by atoms with Crippen molar-refractivity contribution >= 4 is 44.4 Å². The van der Waals surface area contributed by atoms with Crippen LogP contribution in [0.2, 0.25) is 0 Å². The van der Waals surface area contributed by atoms with E-state index in [0.717, 1.165) is 20.9 Å². The van der Waals surface area contributed by atoms with E-state index in [-0.39, 0.29) is 13.1 Å². The number of rotatable bonds is 7. The van der Waals surface area contributed by atoms with Gasteiger partial charge in [0.15, 0.2) is 5.13 Å². The molecule has 3 heterocycles. The number of pyridine rings is 1. The van der Waals surface area contributed by atoms with Crippen molar-refractivity contribution in [1.29, 1.82) is 0 Å². The second-order valence-corrected chi connectivity index (χ2v) is 8.61. The first kappa shape index (κ1) is 21.7. The van der Waals surface area contributed by atoms with E-state index in [2.05, 4.69) is 9.97 Å². The molecule has 2 aromatic heterocycles. The Morgan fingerprint density at radius 3 is 2.44 bits per heavy atom. The monoisotopic (exact) mass is 472 g/mol. The Morgan fingerprint density at radius 1 is 1.03 bits per heavy atom. The molecule has 4 aromatic rings. The average Bonchev–Trinajstić information content (AvgIpc) is 3.38. The molecule has 9 heteroatoms. The molecule has 0 spiro atoms. The molecule has 8 nitrogen and oxygen atoms in total. The molecule has 34 heavy (non-hydrogen) atoms. The molecule has 1 aliphatic rings. The summed E-state index contributed by atoms with van der Waals surface area (Å²) in [5.74, 6) is -0.655. The van der Waals surface area contributed by atoms with Gasteiger partial charge in [0.25, 0.3) is 11.8 Å². The minimum absolute atomic E-state index is 0.154. The zero-order valence-corrected chi connectivity index (χ0v) is 19.1. The number of imide groups is 1. The number of hydrogen-bond donors (Lipinski definition) is 0. The Balaban J connectivity index is 1.47. The zero-order chi connectivity index (χ0) is 23.7. The van der Waals surface area contributed by atoms with Crippen LogP contribution in [0.1, 0.15) is 33.3 Å². The van der Waals surface area contributed by atoms with Crippen LogP contribution in [-0.4, -0.2) is 45.7 Å². The molecular weight excluding hydrogens is 452 g/mol. The van der Waals surface area contributed by atoms with Crippen LogP contribution in [0.4, 0.5) is 5.13 Å². The van der Waals surface area contributed by atoms with E-state index in [1.165, 1.54) is 16.2 Å². The topological polar surface area (TPSA) is 92.7 Å². The van der Waals surface area contributed by atoms with Crippen LogP contribution in [0, 0.1) is 0 Å². The predicted molar refractivity (Wildman–Crippen MR) is 128 cm³/mol. The van der Waals surface area contributed by atoms with E-state index in [9.17, 15) is 14.4 Å². The van der Waals surface area contributed by atoms with Crippen LogP contribution in [0.25, 0.3) is 10.2 Å². The van der Waals surface area contributed by atoms with Gasteiger partial charge in [0.1, 0.15) is 12.3 Å². The third-order valence-corrected chi connectivity index (χ3v) is 6.45. The van der Waals surface area contributed by atoms with Crippen LogP contribution in [0.15, 0.2) is 66.9 Å². The standard InChI is InChI=1S/C25H20N4O4S/c1-2-33-17-10-11-20-21(13-17)34-25(27-20)28(14-16-7-5-6-12-26-16)22(30)15-29-23(31)18-8-3-4-9-19(18)24(29)32/h3-13H,2,14-15H2,1H3. The summed E-state index contributed by atoms with van der Waals surface area (Å²) in [4.78, 5) is 50.5. The molecule has 0 saturated carbocycles. The van der Waals surface area contributed by atoms with Gasteiger partial charge in [0.2, 0.25) is 5.91 Å². The van der Waals surface area contributed by atoms with E-state index >= 15 is 0 Å². The van der Waals surface area contributed by atoms with Crippen molar-refractivity contribution in [3.8, 4) is 5.75 Å². The lowest BCUT2D eigenvalue weighted by Crippen LogP contribution is -2.42. The van der Waals surface area contributed by atoms with E-state index in [0.29, 0.717) is 28.6 Å². The van der Waals surface area contributed by atoms with Crippen LogP contribution >= 0.6 is 11.3 Å².